The number of hydrogen-bond donors (Lipinski definition) is 1. The number of non-ortho nitro benzene ring substituents is 1. The number of benzene rings is 1. The maximum atomic E-state index is 11.0. The van der Waals surface area contributed by atoms with Crippen LogP contribution in [0.15, 0.2) is 18.2 Å². The van der Waals surface area contributed by atoms with Crippen LogP contribution in [0.25, 0.3) is 10.1 Å². The van der Waals surface area contributed by atoms with E-state index >= 15 is 0 Å². The molecule has 1 aromatic heterocycles. The zero-order valence-electron chi connectivity index (χ0n) is 9.36. The minimum Gasteiger partial charge on any atom is -0.465 e. The zero-order chi connectivity index (χ0) is 13.3. The third-order valence-electron chi connectivity index (χ3n) is 2.46. The molecule has 0 bridgehead atoms. The smallest absolute Gasteiger partial charge is 0.413 e. The van der Waals surface area contributed by atoms with Gasteiger partial charge >= 0.3 is 6.09 Å². The Morgan fingerprint density at radius 1 is 1.61 bits per heavy atom. The summed E-state index contributed by atoms with van der Waals surface area (Å²) in [5.74, 6) is 0.244. The van der Waals surface area contributed by atoms with Crippen LogP contribution in [0.2, 0.25) is 0 Å². The average Bonchev–Trinajstić information content (AvgIpc) is 2.73. The fourth-order valence-electron chi connectivity index (χ4n) is 1.65. The van der Waals surface area contributed by atoms with Gasteiger partial charge in [0.05, 0.1) is 4.92 Å². The van der Waals surface area contributed by atoms with Gasteiger partial charge in [0.15, 0.2) is 5.82 Å². The predicted octanol–water partition coefficient (Wildman–Crippen LogP) is 2.71. The van der Waals surface area contributed by atoms with Gasteiger partial charge in [-0.3, -0.25) is 15.0 Å². The lowest BCUT2D eigenvalue weighted by molar-refractivity contribution is -0.382. The summed E-state index contributed by atoms with van der Waals surface area (Å²) in [5, 5.41) is 20.4. The summed E-state index contributed by atoms with van der Waals surface area (Å²) in [4.78, 5) is 22.5. The molecule has 0 radical (unpaired) electrons. The van der Waals surface area contributed by atoms with E-state index in [0.717, 1.165) is 16.4 Å². The monoisotopic (exact) mass is 267 g/mol. The molecule has 2 rings (SSSR count). The first-order valence-corrected chi connectivity index (χ1v) is 5.86. The van der Waals surface area contributed by atoms with Crippen molar-refractivity contribution in [2.75, 3.05) is 11.4 Å². The molecule has 0 aliphatic carbocycles. The Bertz CT molecular complexity index is 625. The lowest BCUT2D eigenvalue weighted by Gasteiger charge is -2.13. The molecule has 2 aromatic rings. The van der Waals surface area contributed by atoms with E-state index in [1.807, 2.05) is 0 Å². The summed E-state index contributed by atoms with van der Waals surface area (Å²) < 4.78 is 4.40. The van der Waals surface area contributed by atoms with Gasteiger partial charge in [-0.2, -0.15) is 4.37 Å². The van der Waals surface area contributed by atoms with Crippen molar-refractivity contribution in [2.24, 2.45) is 0 Å². The first-order valence-electron chi connectivity index (χ1n) is 5.09. The van der Waals surface area contributed by atoms with Gasteiger partial charge in [-0.15, -0.1) is 0 Å². The van der Waals surface area contributed by atoms with Crippen LogP contribution in [-0.2, 0) is 0 Å². The molecule has 18 heavy (non-hydrogen) atoms. The Labute approximate surface area is 106 Å². The van der Waals surface area contributed by atoms with Crippen LogP contribution in [0.4, 0.5) is 16.3 Å². The largest absolute Gasteiger partial charge is 0.465 e. The molecular weight excluding hydrogens is 258 g/mol. The van der Waals surface area contributed by atoms with E-state index in [9.17, 15) is 14.9 Å². The van der Waals surface area contributed by atoms with Crippen molar-refractivity contribution in [1.29, 1.82) is 0 Å². The second kappa shape index (κ2) is 4.57. The van der Waals surface area contributed by atoms with E-state index in [1.54, 1.807) is 13.0 Å². The highest BCUT2D eigenvalue weighted by molar-refractivity contribution is 7.14. The number of aromatic nitrogens is 1. The summed E-state index contributed by atoms with van der Waals surface area (Å²) in [6.45, 7) is 1.91. The van der Waals surface area contributed by atoms with E-state index in [1.165, 1.54) is 12.1 Å². The van der Waals surface area contributed by atoms with Gasteiger partial charge in [0.2, 0.25) is 0 Å². The second-order valence-electron chi connectivity index (χ2n) is 3.44. The molecule has 1 N–H and O–H groups in total. The van der Waals surface area contributed by atoms with E-state index < -0.39 is 11.0 Å². The molecule has 94 valence electrons. The SMILES string of the molecule is CCN(C(=O)O)c1nsc2c([N+](=O)[O-])cccc12. The quantitative estimate of drug-likeness (QED) is 0.681. The molecule has 0 saturated heterocycles. The van der Waals surface area contributed by atoms with Crippen molar-refractivity contribution in [3.63, 3.8) is 0 Å². The Hall–Kier alpha value is -2.22. The highest BCUT2D eigenvalue weighted by Crippen LogP contribution is 2.35. The fourth-order valence-corrected chi connectivity index (χ4v) is 2.52. The summed E-state index contributed by atoms with van der Waals surface area (Å²) >= 11 is 0.933. The topological polar surface area (TPSA) is 96.6 Å². The van der Waals surface area contributed by atoms with Gasteiger partial charge in [-0.05, 0) is 24.5 Å². The van der Waals surface area contributed by atoms with Crippen LogP contribution >= 0.6 is 11.5 Å². The summed E-state index contributed by atoms with van der Waals surface area (Å²) in [7, 11) is 0. The molecule has 0 aliphatic rings. The van der Waals surface area contributed by atoms with Crippen molar-refractivity contribution >= 4 is 39.2 Å². The summed E-state index contributed by atoms with van der Waals surface area (Å²) in [5.41, 5.74) is -0.0577. The second-order valence-corrected chi connectivity index (χ2v) is 4.22. The fraction of sp³-hybridized carbons (Fsp3) is 0.200. The summed E-state index contributed by atoms with van der Waals surface area (Å²) in [6.07, 6.45) is -1.13. The Morgan fingerprint density at radius 3 is 2.89 bits per heavy atom. The number of nitrogens with zero attached hydrogens (tertiary/aromatic N) is 3. The molecule has 1 heterocycles. The number of nitro groups is 1. The number of carboxylic acid groups (broad SMARTS) is 1. The van der Waals surface area contributed by atoms with Crippen LogP contribution in [0.1, 0.15) is 6.92 Å². The van der Waals surface area contributed by atoms with Crippen molar-refractivity contribution in [2.45, 2.75) is 6.92 Å². The molecule has 0 unspecified atom stereocenters. The molecule has 8 heteroatoms. The van der Waals surface area contributed by atoms with Gasteiger partial charge in [-0.25, -0.2) is 4.79 Å². The molecule has 0 fully saturated rings. The van der Waals surface area contributed by atoms with Gasteiger partial charge in [-0.1, -0.05) is 6.07 Å². The van der Waals surface area contributed by atoms with Gasteiger partial charge in [0.25, 0.3) is 5.69 Å². The Morgan fingerprint density at radius 2 is 2.33 bits per heavy atom. The van der Waals surface area contributed by atoms with Crippen molar-refractivity contribution in [3.05, 3.63) is 28.3 Å². The first-order chi connectivity index (χ1) is 8.56. The zero-order valence-corrected chi connectivity index (χ0v) is 10.2. The minimum absolute atomic E-state index is 0.0577. The molecule has 0 saturated carbocycles. The molecule has 0 atom stereocenters. The number of hydrogen-bond acceptors (Lipinski definition) is 5. The van der Waals surface area contributed by atoms with Gasteiger partial charge in [0, 0.05) is 18.0 Å². The van der Waals surface area contributed by atoms with E-state index in [4.69, 9.17) is 5.11 Å². The highest BCUT2D eigenvalue weighted by atomic mass is 32.1. The summed E-state index contributed by atoms with van der Waals surface area (Å²) in [6, 6.07) is 4.53. The Balaban J connectivity index is 2.65. The van der Waals surface area contributed by atoms with Crippen LogP contribution in [0.5, 0.6) is 0 Å². The van der Waals surface area contributed by atoms with Crippen molar-refractivity contribution in [1.82, 2.24) is 4.37 Å². The molecule has 1 amide bonds. The lowest BCUT2D eigenvalue weighted by atomic mass is 10.2. The number of anilines is 1. The van der Waals surface area contributed by atoms with Crippen LogP contribution in [0.3, 0.4) is 0 Å². The van der Waals surface area contributed by atoms with E-state index in [-0.39, 0.29) is 18.1 Å². The van der Waals surface area contributed by atoms with Crippen LogP contribution in [0, 0.1) is 10.1 Å². The minimum atomic E-state index is -1.13. The van der Waals surface area contributed by atoms with Gasteiger partial charge < -0.3 is 5.11 Å². The number of carbonyl (C=O) groups is 1. The third-order valence-corrected chi connectivity index (χ3v) is 3.33. The van der Waals surface area contributed by atoms with E-state index in [2.05, 4.69) is 4.37 Å². The molecule has 0 aliphatic heterocycles. The normalized spacial score (nSPS) is 10.5. The molecule has 7 nitrogen and oxygen atoms in total. The maximum absolute atomic E-state index is 11.0. The number of fused-ring (bicyclic) bond motifs is 1. The number of nitro benzene ring substituents is 1. The molecule has 0 spiro atoms. The molecular formula is C10H9N3O4S. The predicted molar refractivity (Wildman–Crippen MR) is 67.3 cm³/mol. The lowest BCUT2D eigenvalue weighted by Crippen LogP contribution is -2.29. The third kappa shape index (κ3) is 1.86. The number of amides is 1. The standard InChI is InChI=1S/C10H9N3O4S/c1-2-12(10(14)15)9-6-4-3-5-7(13(16)17)8(6)18-11-9/h3-5H,2H2,1H3,(H,14,15). The van der Waals surface area contributed by atoms with Crippen LogP contribution < -0.4 is 4.90 Å². The Kier molecular flexibility index (Phi) is 3.11. The van der Waals surface area contributed by atoms with Crippen molar-refractivity contribution < 1.29 is 14.8 Å². The first kappa shape index (κ1) is 12.2. The highest BCUT2D eigenvalue weighted by Gasteiger charge is 2.22. The average molecular weight is 267 g/mol. The van der Waals surface area contributed by atoms with Crippen molar-refractivity contribution in [3.8, 4) is 0 Å². The maximum Gasteiger partial charge on any atom is 0.413 e. The molecule has 1 aromatic carbocycles. The number of rotatable bonds is 3. The van der Waals surface area contributed by atoms with E-state index in [0.29, 0.717) is 10.1 Å². The van der Waals surface area contributed by atoms with Crippen LogP contribution in [-0.4, -0.2) is 27.0 Å². The van der Waals surface area contributed by atoms with Gasteiger partial charge in [0.1, 0.15) is 4.70 Å².